The highest BCUT2D eigenvalue weighted by atomic mass is 19.4. The molecular weight excluding hydrogens is 1390 g/mol. The second-order valence-electron chi connectivity index (χ2n) is 29.8. The first-order valence-corrected chi connectivity index (χ1v) is 37.9. The molecule has 0 unspecified atom stereocenters. The Balaban J connectivity index is 1.27. The number of nitrogens with zero attached hydrogens (tertiary/aromatic N) is 9. The van der Waals surface area contributed by atoms with Gasteiger partial charge in [-0.05, 0) is 132 Å². The van der Waals surface area contributed by atoms with Gasteiger partial charge in [-0.15, -0.1) is 0 Å². The minimum absolute atomic E-state index is 0.00223. The number of nitrogens with one attached hydrogen (secondary N) is 3. The van der Waals surface area contributed by atoms with Gasteiger partial charge in [-0.2, -0.15) is 13.2 Å². The minimum Gasteiger partial charge on any atom is -0.496 e. The summed E-state index contributed by atoms with van der Waals surface area (Å²) < 4.78 is 53.8. The van der Waals surface area contributed by atoms with E-state index in [1.807, 2.05) is 37.3 Å². The van der Waals surface area contributed by atoms with Crippen LogP contribution in [0.5, 0.6) is 5.75 Å². The molecular formula is C78H111F3N12O14. The number of allylic oxidation sites excluding steroid dienone is 1. The van der Waals surface area contributed by atoms with E-state index in [4.69, 9.17) is 9.47 Å². The van der Waals surface area contributed by atoms with E-state index in [1.54, 1.807) is 39.0 Å². The smallest absolute Gasteiger partial charge is 0.419 e. The summed E-state index contributed by atoms with van der Waals surface area (Å²) in [4.78, 5) is 194. The van der Waals surface area contributed by atoms with Crippen LogP contribution in [0.1, 0.15) is 159 Å². The lowest BCUT2D eigenvalue weighted by Gasteiger charge is -2.46. The molecule has 6 bridgehead atoms. The molecule has 1 spiro atoms. The SMILES string of the molecule is CCO[C@@H]1C[C@H]2C(=O)NC3(CCC3)C(=O)N(C)[C@@H](C3CCCC3)C(=O)N(C)[C@H](C(=O)N(C)CC)CC(=O)N(C)[C@H]3CCCC/C=C/c4ccc(cc4)C[C@@H](C(=O)N(C)CC(=O)N[C@@H](CCc4ccc(C(F)(F)F)c(OC)c4)C(=O)N2C1)N1CC/C=C\C[C@@H](C1=O)N(C)C(=O)CN(C)C(=O)[C@H]([C@@H](C)CC)NC3=O. The molecule has 2 aromatic carbocycles. The highest BCUT2D eigenvalue weighted by Crippen LogP contribution is 2.40. The summed E-state index contributed by atoms with van der Waals surface area (Å²) in [6.07, 6.45) is 6.23. The number of carbonyl (C=O) groups is 12. The molecule has 4 fully saturated rings. The maximum Gasteiger partial charge on any atom is 0.419 e. The van der Waals surface area contributed by atoms with E-state index < -0.39 is 180 Å². The molecule has 2 aromatic rings. The van der Waals surface area contributed by atoms with Gasteiger partial charge in [-0.1, -0.05) is 94.2 Å². The summed E-state index contributed by atoms with van der Waals surface area (Å²) in [6.45, 7) is 5.95. The van der Waals surface area contributed by atoms with Crippen molar-refractivity contribution in [1.82, 2.24) is 60.0 Å². The number of hydrogen-bond acceptors (Lipinski definition) is 14. The van der Waals surface area contributed by atoms with E-state index in [2.05, 4.69) is 16.0 Å². The number of alkyl halides is 3. The fourth-order valence-electron chi connectivity index (χ4n) is 15.6. The molecule has 2 saturated carbocycles. The summed E-state index contributed by atoms with van der Waals surface area (Å²) >= 11 is 0. The Bertz CT molecular complexity index is 3620. The van der Waals surface area contributed by atoms with Gasteiger partial charge in [0.05, 0.1) is 38.3 Å². The largest absolute Gasteiger partial charge is 0.496 e. The second-order valence-corrected chi connectivity index (χ2v) is 29.8. The van der Waals surface area contributed by atoms with Crippen molar-refractivity contribution in [2.24, 2.45) is 11.8 Å². The number of halogens is 3. The third kappa shape index (κ3) is 20.1. The van der Waals surface area contributed by atoms with Crippen molar-refractivity contribution in [2.75, 3.05) is 95.8 Å². The lowest BCUT2D eigenvalue weighted by atomic mass is 9.74. The van der Waals surface area contributed by atoms with Crippen molar-refractivity contribution in [3.63, 3.8) is 0 Å². The molecule has 7 aliphatic heterocycles. The van der Waals surface area contributed by atoms with Gasteiger partial charge < -0.3 is 69.5 Å². The lowest BCUT2D eigenvalue weighted by Crippen LogP contribution is -2.68. The Kier molecular flexibility index (Phi) is 29.2. The molecule has 26 nitrogen and oxygen atoms in total. The van der Waals surface area contributed by atoms with Gasteiger partial charge in [-0.25, -0.2) is 0 Å². The van der Waals surface area contributed by atoms with E-state index in [0.717, 1.165) is 41.4 Å². The number of benzene rings is 2. The Hall–Kier alpha value is -8.89. The van der Waals surface area contributed by atoms with Gasteiger partial charge in [0, 0.05) is 88.4 Å². The number of methoxy groups -OCH3 is 1. The summed E-state index contributed by atoms with van der Waals surface area (Å²) in [5, 5.41) is 8.77. The second kappa shape index (κ2) is 37.3. The average molecular weight is 1500 g/mol. The number of ether oxygens (including phenoxy) is 2. The van der Waals surface area contributed by atoms with Crippen LogP contribution in [-0.2, 0) is 81.3 Å². The van der Waals surface area contributed by atoms with Crippen LogP contribution < -0.4 is 20.7 Å². The van der Waals surface area contributed by atoms with Crippen LogP contribution in [0.4, 0.5) is 13.2 Å². The van der Waals surface area contributed by atoms with Crippen LogP contribution in [0.25, 0.3) is 6.08 Å². The third-order valence-corrected chi connectivity index (χ3v) is 22.7. The third-order valence-electron chi connectivity index (χ3n) is 22.7. The maximum atomic E-state index is 15.7. The van der Waals surface area contributed by atoms with Crippen LogP contribution in [-0.4, -0.2) is 271 Å². The van der Waals surface area contributed by atoms with Crippen molar-refractivity contribution in [3.8, 4) is 5.75 Å². The highest BCUT2D eigenvalue weighted by Gasteiger charge is 2.54. The molecule has 0 aromatic heterocycles. The van der Waals surface area contributed by atoms with Crippen LogP contribution in [0.3, 0.4) is 0 Å². The van der Waals surface area contributed by atoms with E-state index >= 15 is 38.4 Å². The maximum absolute atomic E-state index is 15.7. The molecule has 588 valence electrons. The monoisotopic (exact) mass is 1500 g/mol. The zero-order valence-electron chi connectivity index (χ0n) is 64.3. The van der Waals surface area contributed by atoms with E-state index in [9.17, 15) is 32.3 Å². The quantitative estimate of drug-likeness (QED) is 0.238. The fourth-order valence-corrected chi connectivity index (χ4v) is 15.6. The van der Waals surface area contributed by atoms with Gasteiger partial charge in [0.15, 0.2) is 0 Å². The number of carbonyl (C=O) groups excluding carboxylic acids is 12. The number of aryl methyl sites for hydroxylation is 1. The van der Waals surface area contributed by atoms with Crippen molar-refractivity contribution in [3.05, 3.63) is 82.9 Å². The van der Waals surface area contributed by atoms with Crippen LogP contribution >= 0.6 is 0 Å². The van der Waals surface area contributed by atoms with Gasteiger partial charge in [0.25, 0.3) is 0 Å². The Morgan fingerprint density at radius 1 is 0.673 bits per heavy atom. The number of likely N-dealkylation sites (N-methyl/N-ethyl adjacent to an activating group) is 7. The molecule has 9 aliphatic rings. The topological polar surface area (TPSA) is 289 Å². The molecule has 10 atom stereocenters. The predicted molar refractivity (Wildman–Crippen MR) is 393 cm³/mol. The first-order valence-electron chi connectivity index (χ1n) is 37.9. The zero-order valence-corrected chi connectivity index (χ0v) is 64.3. The molecule has 0 radical (unpaired) electrons. The molecule has 2 saturated heterocycles. The molecule has 11 rings (SSSR count). The average Bonchev–Trinajstić information content (AvgIpc) is 1.64. The molecule has 107 heavy (non-hydrogen) atoms. The Labute approximate surface area is 626 Å². The van der Waals surface area contributed by atoms with E-state index in [1.165, 1.54) is 95.8 Å². The number of amides is 12. The van der Waals surface area contributed by atoms with Gasteiger partial charge in [-0.3, -0.25) is 57.5 Å². The van der Waals surface area contributed by atoms with Gasteiger partial charge >= 0.3 is 6.18 Å². The predicted octanol–water partition coefficient (Wildman–Crippen LogP) is 5.38. The van der Waals surface area contributed by atoms with Crippen molar-refractivity contribution in [2.45, 2.75) is 216 Å². The van der Waals surface area contributed by atoms with Crippen LogP contribution in [0.15, 0.2) is 60.7 Å². The summed E-state index contributed by atoms with van der Waals surface area (Å²) in [5.74, 6) is -9.69. The van der Waals surface area contributed by atoms with Crippen molar-refractivity contribution in [1.29, 1.82) is 0 Å². The normalized spacial score (nSPS) is 27.1. The summed E-state index contributed by atoms with van der Waals surface area (Å²) in [5.41, 5.74) is -0.964. The van der Waals surface area contributed by atoms with E-state index in [-0.39, 0.29) is 89.6 Å². The standard InChI is InChI=1S/C78H111F3N12O14/c1-13-49(4)66-74(103)87(7)48-65(96)89(9)58-30-21-18-24-41-92(73(58)102)61-42-51-33-31-50(32-34-51)26-19-16-17-20-29-57(68(97)83-66)88(8)64(95)45-60(71(100)85(5)14-2)90(10)75(104)67(53-27-22-23-28-53)91(11)76(105)77(39-25-40-77)84-69(98)59-44-54(107-15-3)46-93(59)70(99)56(82-63(94)47-86(6)72(61)101)38-36-52-35-37-55(78(79,80)81)62(43-52)106-12/h18-19,21,26,31-35,37,43,49,53-54,56-61,66-67H,13-17,20,22-25,27-30,36,38-42,44-48H2,1-12H3,(H,82,94)(H,83,97)(H,84,98)/b21-18-,26-19+/t49-,54+,56-,57-,58-,59-,60-,61-,66-,67-/m0/s1. The zero-order chi connectivity index (χ0) is 78.4. The molecule has 29 heteroatoms. The van der Waals surface area contributed by atoms with Crippen molar-refractivity contribution < 1.29 is 80.2 Å². The fraction of sp³-hybridized carbons (Fsp3) is 0.641. The highest BCUT2D eigenvalue weighted by molar-refractivity contribution is 6.01. The molecule has 3 N–H and O–H groups in total. The van der Waals surface area contributed by atoms with E-state index in [0.29, 0.717) is 50.5 Å². The minimum atomic E-state index is -4.78. The lowest BCUT2D eigenvalue weighted by molar-refractivity contribution is -0.158. The van der Waals surface area contributed by atoms with Crippen LogP contribution in [0.2, 0.25) is 0 Å². The number of rotatable bonds is 11. The van der Waals surface area contributed by atoms with Gasteiger partial charge in [0.2, 0.25) is 70.9 Å². The van der Waals surface area contributed by atoms with Crippen LogP contribution in [0, 0.1) is 11.8 Å². The molecule has 7 heterocycles. The number of hydrogen-bond donors (Lipinski definition) is 3. The Morgan fingerprint density at radius 2 is 1.35 bits per heavy atom. The molecule has 2 aliphatic carbocycles. The molecule has 12 amide bonds. The van der Waals surface area contributed by atoms with Crippen molar-refractivity contribution >= 4 is 77.0 Å². The summed E-state index contributed by atoms with van der Waals surface area (Å²) in [6, 6.07) is 0.00272. The first kappa shape index (κ1) is 83.7. The summed E-state index contributed by atoms with van der Waals surface area (Å²) in [7, 11) is 11.1. The first-order chi connectivity index (χ1) is 50.8. The van der Waals surface area contributed by atoms with Gasteiger partial charge in [0.1, 0.15) is 59.6 Å². The Morgan fingerprint density at radius 3 is 1.98 bits per heavy atom.